The van der Waals surface area contributed by atoms with E-state index < -0.39 is 17.4 Å². The first-order valence-corrected chi connectivity index (χ1v) is 5.35. The number of carbonyl (C=O) groups is 1. The second kappa shape index (κ2) is 4.10. The van der Waals surface area contributed by atoms with Crippen molar-refractivity contribution in [3.05, 3.63) is 0 Å². The van der Waals surface area contributed by atoms with E-state index in [0.29, 0.717) is 19.4 Å². The fourth-order valence-corrected chi connectivity index (χ4v) is 2.01. The summed E-state index contributed by atoms with van der Waals surface area (Å²) in [6.45, 7) is 7.94. The fourth-order valence-electron chi connectivity index (χ4n) is 2.01. The minimum absolute atomic E-state index is 0.354. The lowest BCUT2D eigenvalue weighted by Gasteiger charge is -2.27. The minimum Gasteiger partial charge on any atom is -0.481 e. The summed E-state index contributed by atoms with van der Waals surface area (Å²) in [5.74, 6) is -1.70. The molecule has 0 aromatic carbocycles. The van der Waals surface area contributed by atoms with E-state index in [9.17, 15) is 4.79 Å². The predicted molar refractivity (Wildman–Crippen MR) is 55.6 cm³/mol. The maximum absolute atomic E-state index is 10.9. The summed E-state index contributed by atoms with van der Waals surface area (Å²) >= 11 is 0. The quantitative estimate of drug-likeness (QED) is 0.781. The molecular weight excluding hydrogens is 196 g/mol. The van der Waals surface area contributed by atoms with Crippen LogP contribution >= 0.6 is 0 Å². The van der Waals surface area contributed by atoms with Crippen molar-refractivity contribution < 1.29 is 19.4 Å². The first-order chi connectivity index (χ1) is 6.78. The van der Waals surface area contributed by atoms with Gasteiger partial charge in [-0.25, -0.2) is 0 Å². The topological polar surface area (TPSA) is 55.8 Å². The molecule has 1 fully saturated rings. The first-order valence-electron chi connectivity index (χ1n) is 5.35. The zero-order valence-corrected chi connectivity index (χ0v) is 9.87. The molecule has 0 amide bonds. The largest absolute Gasteiger partial charge is 0.481 e. The molecule has 0 aromatic heterocycles. The molecule has 15 heavy (non-hydrogen) atoms. The molecule has 0 saturated carbocycles. The minimum atomic E-state index is -0.757. The normalized spacial score (nSPS) is 31.5. The Bertz CT molecular complexity index is 249. The molecule has 0 bridgehead atoms. The van der Waals surface area contributed by atoms with E-state index in [1.807, 2.05) is 27.7 Å². The fraction of sp³-hybridized carbons (Fsp3) is 0.909. The summed E-state index contributed by atoms with van der Waals surface area (Å²) in [7, 11) is 0. The molecule has 1 aliphatic heterocycles. The van der Waals surface area contributed by atoms with Crippen molar-refractivity contribution in [3.8, 4) is 0 Å². The second-order valence-corrected chi connectivity index (χ2v) is 4.89. The Balaban J connectivity index is 2.61. The average Bonchev–Trinajstić information content (AvgIpc) is 2.37. The SMILES string of the molecule is CCC(C[C@@]1(C)COC(C)(C)O1)C(=O)O. The second-order valence-electron chi connectivity index (χ2n) is 4.89. The molecule has 1 saturated heterocycles. The van der Waals surface area contributed by atoms with Gasteiger partial charge >= 0.3 is 5.97 Å². The van der Waals surface area contributed by atoms with Gasteiger partial charge in [0.25, 0.3) is 0 Å². The van der Waals surface area contributed by atoms with Crippen molar-refractivity contribution in [2.45, 2.75) is 51.9 Å². The summed E-state index contributed by atoms with van der Waals surface area (Å²) in [5.41, 5.74) is -0.470. The van der Waals surface area contributed by atoms with E-state index in [2.05, 4.69) is 0 Å². The third kappa shape index (κ3) is 3.18. The van der Waals surface area contributed by atoms with Crippen LogP contribution in [0.3, 0.4) is 0 Å². The monoisotopic (exact) mass is 216 g/mol. The van der Waals surface area contributed by atoms with Gasteiger partial charge in [-0.3, -0.25) is 4.79 Å². The van der Waals surface area contributed by atoms with Gasteiger partial charge in [0.15, 0.2) is 5.79 Å². The molecule has 0 radical (unpaired) electrons. The van der Waals surface area contributed by atoms with E-state index in [1.54, 1.807) is 0 Å². The highest BCUT2D eigenvalue weighted by atomic mass is 16.8. The molecule has 1 N–H and O–H groups in total. The van der Waals surface area contributed by atoms with Gasteiger partial charge in [-0.05, 0) is 33.6 Å². The summed E-state index contributed by atoms with van der Waals surface area (Å²) < 4.78 is 11.2. The summed E-state index contributed by atoms with van der Waals surface area (Å²) in [5, 5.41) is 8.98. The Morgan fingerprint density at radius 2 is 2.07 bits per heavy atom. The predicted octanol–water partition coefficient (Wildman–Crippen LogP) is 2.03. The third-order valence-corrected chi connectivity index (χ3v) is 2.74. The number of carboxylic acids is 1. The van der Waals surface area contributed by atoms with Crippen LogP contribution in [-0.2, 0) is 14.3 Å². The highest BCUT2D eigenvalue weighted by Gasteiger charge is 2.43. The van der Waals surface area contributed by atoms with Gasteiger partial charge in [-0.1, -0.05) is 6.92 Å². The molecule has 1 aliphatic rings. The van der Waals surface area contributed by atoms with Gasteiger partial charge in [0, 0.05) is 0 Å². The van der Waals surface area contributed by atoms with Gasteiger partial charge in [-0.2, -0.15) is 0 Å². The van der Waals surface area contributed by atoms with Crippen molar-refractivity contribution in [1.29, 1.82) is 0 Å². The number of hydrogen-bond acceptors (Lipinski definition) is 3. The van der Waals surface area contributed by atoms with Crippen molar-refractivity contribution >= 4 is 5.97 Å². The van der Waals surface area contributed by atoms with Crippen LogP contribution < -0.4 is 0 Å². The van der Waals surface area contributed by atoms with Crippen LogP contribution in [0, 0.1) is 5.92 Å². The van der Waals surface area contributed by atoms with Crippen LogP contribution in [0.2, 0.25) is 0 Å². The van der Waals surface area contributed by atoms with Crippen LogP contribution in [0.4, 0.5) is 0 Å². The lowest BCUT2D eigenvalue weighted by Crippen LogP contribution is -2.35. The summed E-state index contributed by atoms with van der Waals surface area (Å²) in [6, 6.07) is 0. The van der Waals surface area contributed by atoms with Crippen LogP contribution in [0.5, 0.6) is 0 Å². The van der Waals surface area contributed by atoms with Gasteiger partial charge < -0.3 is 14.6 Å². The Morgan fingerprint density at radius 1 is 1.47 bits per heavy atom. The lowest BCUT2D eigenvalue weighted by molar-refractivity contribution is -0.165. The van der Waals surface area contributed by atoms with E-state index >= 15 is 0 Å². The first kappa shape index (κ1) is 12.5. The van der Waals surface area contributed by atoms with Crippen LogP contribution in [0.15, 0.2) is 0 Å². The Morgan fingerprint density at radius 3 is 2.40 bits per heavy atom. The average molecular weight is 216 g/mol. The Kier molecular flexibility index (Phi) is 3.41. The van der Waals surface area contributed by atoms with Gasteiger partial charge in [0.05, 0.1) is 18.1 Å². The van der Waals surface area contributed by atoms with Crippen molar-refractivity contribution in [2.24, 2.45) is 5.92 Å². The molecule has 1 heterocycles. The molecule has 0 spiro atoms. The van der Waals surface area contributed by atoms with E-state index in [-0.39, 0.29) is 5.92 Å². The van der Waals surface area contributed by atoms with Gasteiger partial charge in [-0.15, -0.1) is 0 Å². The number of carboxylic acid groups (broad SMARTS) is 1. The Labute approximate surface area is 90.6 Å². The molecule has 2 atom stereocenters. The molecule has 0 aromatic rings. The van der Waals surface area contributed by atoms with Crippen molar-refractivity contribution in [2.75, 3.05) is 6.61 Å². The summed E-state index contributed by atoms with van der Waals surface area (Å²) in [4.78, 5) is 10.9. The van der Waals surface area contributed by atoms with Crippen molar-refractivity contribution in [3.63, 3.8) is 0 Å². The van der Waals surface area contributed by atoms with E-state index in [4.69, 9.17) is 14.6 Å². The molecule has 0 aliphatic carbocycles. The van der Waals surface area contributed by atoms with Gasteiger partial charge in [0.1, 0.15) is 0 Å². The van der Waals surface area contributed by atoms with Crippen LogP contribution in [-0.4, -0.2) is 29.1 Å². The summed E-state index contributed by atoms with van der Waals surface area (Å²) in [6.07, 6.45) is 1.12. The third-order valence-electron chi connectivity index (χ3n) is 2.74. The zero-order valence-electron chi connectivity index (χ0n) is 9.87. The van der Waals surface area contributed by atoms with E-state index in [1.165, 1.54) is 0 Å². The molecule has 4 nitrogen and oxygen atoms in total. The smallest absolute Gasteiger partial charge is 0.306 e. The molecular formula is C11H20O4. The maximum atomic E-state index is 10.9. The molecule has 88 valence electrons. The molecule has 1 unspecified atom stereocenters. The number of aliphatic carboxylic acids is 1. The zero-order chi connectivity index (χ0) is 11.7. The number of ether oxygens (including phenoxy) is 2. The standard InChI is InChI=1S/C11H20O4/c1-5-8(9(12)13)6-11(4)7-14-10(2,3)15-11/h8H,5-7H2,1-4H3,(H,12,13)/t8?,11-/m0/s1. The highest BCUT2D eigenvalue weighted by molar-refractivity contribution is 5.70. The molecule has 1 rings (SSSR count). The highest BCUT2D eigenvalue weighted by Crippen LogP contribution is 2.35. The number of rotatable bonds is 4. The van der Waals surface area contributed by atoms with Gasteiger partial charge in [0.2, 0.25) is 0 Å². The van der Waals surface area contributed by atoms with E-state index in [0.717, 1.165) is 0 Å². The maximum Gasteiger partial charge on any atom is 0.306 e. The molecule has 4 heteroatoms. The van der Waals surface area contributed by atoms with Crippen LogP contribution in [0.25, 0.3) is 0 Å². The van der Waals surface area contributed by atoms with Crippen molar-refractivity contribution in [1.82, 2.24) is 0 Å². The van der Waals surface area contributed by atoms with Crippen LogP contribution in [0.1, 0.15) is 40.5 Å². The number of hydrogen-bond donors (Lipinski definition) is 1. The lowest BCUT2D eigenvalue weighted by atomic mass is 9.91. The Hall–Kier alpha value is -0.610.